The predicted octanol–water partition coefficient (Wildman–Crippen LogP) is 1.64. The van der Waals surface area contributed by atoms with E-state index in [1.165, 1.54) is 6.61 Å². The molecule has 0 aromatic rings. The van der Waals surface area contributed by atoms with Crippen LogP contribution in [0.25, 0.3) is 0 Å². The maximum Gasteiger partial charge on any atom is 0.506 e. The first-order chi connectivity index (χ1) is 3.77. The third kappa shape index (κ3) is 5.27. The molecule has 0 saturated heterocycles. The van der Waals surface area contributed by atoms with Gasteiger partial charge in [-0.3, -0.25) is 0 Å². The lowest BCUT2D eigenvalue weighted by Gasteiger charge is -1.93. The van der Waals surface area contributed by atoms with Crippen LogP contribution in [0.1, 0.15) is 19.8 Å². The average Bonchev–Trinajstić information content (AvgIpc) is 1.66. The Balaban J connectivity index is 2.82. The van der Waals surface area contributed by atoms with Crippen molar-refractivity contribution in [3.8, 4) is 0 Å². The highest BCUT2D eigenvalue weighted by atomic mass is 16.7. The van der Waals surface area contributed by atoms with Crippen LogP contribution in [-0.4, -0.2) is 11.3 Å². The summed E-state index contributed by atoms with van der Waals surface area (Å²) in [7, 11) is 0. The van der Waals surface area contributed by atoms with Gasteiger partial charge in [-0.15, -0.1) is 0 Å². The number of unbranched alkanes of at least 4 members (excludes halogenated alkanes) is 1. The number of ether oxygens (including phenoxy) is 1. The zero-order valence-electron chi connectivity index (χ0n) is 4.76. The van der Waals surface area contributed by atoms with E-state index in [1.807, 2.05) is 6.92 Å². The molecule has 0 aliphatic rings. The SMILES string of the molecule is CCC[CH]OC(=O)O. The van der Waals surface area contributed by atoms with Gasteiger partial charge in [-0.2, -0.15) is 0 Å². The summed E-state index contributed by atoms with van der Waals surface area (Å²) >= 11 is 0. The normalized spacial score (nSPS) is 8.62. The maximum absolute atomic E-state index is 9.62. The largest absolute Gasteiger partial charge is 0.506 e. The molecule has 0 amide bonds. The topological polar surface area (TPSA) is 46.5 Å². The Morgan fingerprint density at radius 3 is 2.88 bits per heavy atom. The van der Waals surface area contributed by atoms with Crippen molar-refractivity contribution in [2.45, 2.75) is 19.8 Å². The Kier molecular flexibility index (Phi) is 4.03. The second-order valence-electron chi connectivity index (χ2n) is 1.34. The predicted molar refractivity (Wildman–Crippen MR) is 28.3 cm³/mol. The number of hydrogen-bond donors (Lipinski definition) is 1. The molecule has 0 aliphatic carbocycles. The van der Waals surface area contributed by atoms with E-state index in [1.54, 1.807) is 0 Å². The lowest BCUT2D eigenvalue weighted by atomic mass is 10.4. The van der Waals surface area contributed by atoms with Gasteiger partial charge in [-0.05, 0) is 6.42 Å². The van der Waals surface area contributed by atoms with Crippen molar-refractivity contribution < 1.29 is 14.6 Å². The monoisotopic (exact) mass is 117 g/mol. The molecule has 0 aliphatic heterocycles. The molecule has 0 bridgehead atoms. The Bertz CT molecular complexity index is 70.1. The van der Waals surface area contributed by atoms with Gasteiger partial charge < -0.3 is 9.84 Å². The molecule has 3 nitrogen and oxygen atoms in total. The summed E-state index contributed by atoms with van der Waals surface area (Å²) in [5.74, 6) is 0. The highest BCUT2D eigenvalue weighted by Crippen LogP contribution is 1.92. The zero-order chi connectivity index (χ0) is 6.41. The standard InChI is InChI=1S/C5H9O3/c1-2-3-4-8-5(6)7/h4H,2-3H2,1H3,(H,6,7). The first kappa shape index (κ1) is 7.27. The van der Waals surface area contributed by atoms with Crippen molar-refractivity contribution >= 4 is 6.16 Å². The summed E-state index contributed by atoms with van der Waals surface area (Å²) in [6.07, 6.45) is 0.359. The van der Waals surface area contributed by atoms with Crippen molar-refractivity contribution in [2.24, 2.45) is 0 Å². The van der Waals surface area contributed by atoms with Crippen LogP contribution in [0.4, 0.5) is 4.79 Å². The van der Waals surface area contributed by atoms with Crippen molar-refractivity contribution in [1.29, 1.82) is 0 Å². The fraction of sp³-hybridized carbons (Fsp3) is 0.600. The number of carboxylic acid groups (broad SMARTS) is 1. The molecule has 0 rings (SSSR count). The van der Waals surface area contributed by atoms with E-state index in [0.29, 0.717) is 6.42 Å². The summed E-state index contributed by atoms with van der Waals surface area (Å²) in [5, 5.41) is 7.89. The molecule has 8 heavy (non-hydrogen) atoms. The third-order valence-corrected chi connectivity index (χ3v) is 0.591. The number of rotatable bonds is 3. The zero-order valence-corrected chi connectivity index (χ0v) is 4.76. The number of carbonyl (C=O) groups is 1. The van der Waals surface area contributed by atoms with Gasteiger partial charge in [0.05, 0.1) is 0 Å². The first-order valence-electron chi connectivity index (χ1n) is 2.48. The number of hydrogen-bond acceptors (Lipinski definition) is 2. The van der Waals surface area contributed by atoms with Crippen molar-refractivity contribution in [2.75, 3.05) is 0 Å². The summed E-state index contributed by atoms with van der Waals surface area (Å²) in [6.45, 7) is 3.23. The molecule has 0 fully saturated rings. The molecule has 0 spiro atoms. The minimum absolute atomic E-state index is 0.687. The van der Waals surface area contributed by atoms with E-state index >= 15 is 0 Å². The molecule has 0 saturated carbocycles. The van der Waals surface area contributed by atoms with Gasteiger partial charge in [-0.25, -0.2) is 4.79 Å². The summed E-state index contributed by atoms with van der Waals surface area (Å²) in [6, 6.07) is 0. The Morgan fingerprint density at radius 2 is 2.50 bits per heavy atom. The van der Waals surface area contributed by atoms with Crippen LogP contribution in [0.15, 0.2) is 0 Å². The minimum atomic E-state index is -1.24. The van der Waals surface area contributed by atoms with Crippen LogP contribution < -0.4 is 0 Å². The van der Waals surface area contributed by atoms with Crippen LogP contribution in [0, 0.1) is 6.61 Å². The molecule has 0 heterocycles. The second kappa shape index (κ2) is 4.43. The van der Waals surface area contributed by atoms with E-state index in [2.05, 4.69) is 4.74 Å². The van der Waals surface area contributed by atoms with Gasteiger partial charge in [0.15, 0.2) is 0 Å². The quantitative estimate of drug-likeness (QED) is 0.451. The van der Waals surface area contributed by atoms with Crippen molar-refractivity contribution in [3.63, 3.8) is 0 Å². The van der Waals surface area contributed by atoms with Gasteiger partial charge in [0, 0.05) is 0 Å². The highest BCUT2D eigenvalue weighted by molar-refractivity contribution is 5.57. The van der Waals surface area contributed by atoms with Crippen LogP contribution in [-0.2, 0) is 4.74 Å². The van der Waals surface area contributed by atoms with Gasteiger partial charge in [-0.1, -0.05) is 13.3 Å². The van der Waals surface area contributed by atoms with E-state index in [0.717, 1.165) is 6.42 Å². The Hall–Kier alpha value is -0.730. The maximum atomic E-state index is 9.62. The Morgan fingerprint density at radius 1 is 1.88 bits per heavy atom. The average molecular weight is 117 g/mol. The molecule has 0 aromatic carbocycles. The smallest absolute Gasteiger partial charge is 0.450 e. The lowest BCUT2D eigenvalue weighted by molar-refractivity contribution is 0.112. The van der Waals surface area contributed by atoms with E-state index in [-0.39, 0.29) is 0 Å². The molecule has 0 atom stereocenters. The third-order valence-electron chi connectivity index (χ3n) is 0.591. The van der Waals surface area contributed by atoms with Crippen LogP contribution in [0.5, 0.6) is 0 Å². The van der Waals surface area contributed by atoms with Crippen LogP contribution in [0.2, 0.25) is 0 Å². The van der Waals surface area contributed by atoms with Gasteiger partial charge in [0.25, 0.3) is 0 Å². The van der Waals surface area contributed by atoms with E-state index < -0.39 is 6.16 Å². The van der Waals surface area contributed by atoms with E-state index in [4.69, 9.17) is 5.11 Å². The fourth-order valence-corrected chi connectivity index (χ4v) is 0.248. The van der Waals surface area contributed by atoms with Gasteiger partial charge >= 0.3 is 6.16 Å². The lowest BCUT2D eigenvalue weighted by Crippen LogP contribution is -1.95. The highest BCUT2D eigenvalue weighted by Gasteiger charge is 1.92. The second-order valence-corrected chi connectivity index (χ2v) is 1.34. The molecule has 47 valence electrons. The summed E-state index contributed by atoms with van der Waals surface area (Å²) in [5.41, 5.74) is 0. The first-order valence-corrected chi connectivity index (χ1v) is 2.48. The molecule has 1 N–H and O–H groups in total. The fourth-order valence-electron chi connectivity index (χ4n) is 0.248. The Labute approximate surface area is 48.3 Å². The van der Waals surface area contributed by atoms with Gasteiger partial charge in [0.1, 0.15) is 6.61 Å². The van der Waals surface area contributed by atoms with Crippen molar-refractivity contribution in [1.82, 2.24) is 0 Å². The molecule has 1 radical (unpaired) electrons. The summed E-state index contributed by atoms with van der Waals surface area (Å²) in [4.78, 5) is 9.62. The molecule has 0 aromatic heterocycles. The molecule has 0 unspecified atom stereocenters. The summed E-state index contributed by atoms with van der Waals surface area (Å²) < 4.78 is 4.07. The van der Waals surface area contributed by atoms with Gasteiger partial charge in [0.2, 0.25) is 0 Å². The molecule has 3 heteroatoms. The molecular weight excluding hydrogens is 108 g/mol. The van der Waals surface area contributed by atoms with Crippen LogP contribution >= 0.6 is 0 Å². The van der Waals surface area contributed by atoms with E-state index in [9.17, 15) is 4.79 Å². The minimum Gasteiger partial charge on any atom is -0.450 e. The van der Waals surface area contributed by atoms with Crippen molar-refractivity contribution in [3.05, 3.63) is 6.61 Å². The molecular formula is C5H9O3. The van der Waals surface area contributed by atoms with Crippen LogP contribution in [0.3, 0.4) is 0 Å².